The fourth-order valence-electron chi connectivity index (χ4n) is 2.55. The summed E-state index contributed by atoms with van der Waals surface area (Å²) in [6.45, 7) is 4.87. The molecule has 0 aliphatic heterocycles. The molecule has 2 rings (SSSR count). The van der Waals surface area contributed by atoms with Crippen LogP contribution >= 0.6 is 0 Å². The number of nitrogens with one attached hydrogen (secondary N) is 1. The molecule has 1 atom stereocenters. The summed E-state index contributed by atoms with van der Waals surface area (Å²) < 4.78 is 27.7. The van der Waals surface area contributed by atoms with E-state index >= 15 is 0 Å². The predicted octanol–water partition coefficient (Wildman–Crippen LogP) is 4.62. The summed E-state index contributed by atoms with van der Waals surface area (Å²) in [4.78, 5) is 0. The molecule has 0 saturated carbocycles. The average molecular weight is 289 g/mol. The summed E-state index contributed by atoms with van der Waals surface area (Å²) in [7, 11) is 0. The topological polar surface area (TPSA) is 12.0 Å². The minimum atomic E-state index is -0.413. The maximum atomic E-state index is 14.2. The van der Waals surface area contributed by atoms with Crippen LogP contribution in [0.5, 0.6) is 0 Å². The first-order chi connectivity index (χ1) is 10.2. The molecule has 0 aliphatic rings. The second-order valence-corrected chi connectivity index (χ2v) is 5.11. The SMILES string of the molecule is CCCNC(c1cc(F)ccc1F)c1ccccc1CC. The molecule has 1 nitrogen and oxygen atoms in total. The Morgan fingerprint density at radius 1 is 1.00 bits per heavy atom. The van der Waals surface area contributed by atoms with Crippen molar-refractivity contribution in [2.24, 2.45) is 0 Å². The van der Waals surface area contributed by atoms with Gasteiger partial charge >= 0.3 is 0 Å². The monoisotopic (exact) mass is 289 g/mol. The normalized spacial score (nSPS) is 12.4. The van der Waals surface area contributed by atoms with Gasteiger partial charge in [-0.2, -0.15) is 0 Å². The number of benzene rings is 2. The molecule has 2 aromatic rings. The van der Waals surface area contributed by atoms with Gasteiger partial charge in [0, 0.05) is 5.56 Å². The Hall–Kier alpha value is -1.74. The molecule has 0 spiro atoms. The molecule has 0 bridgehead atoms. The minimum absolute atomic E-state index is 0.322. The zero-order valence-electron chi connectivity index (χ0n) is 12.5. The molecular weight excluding hydrogens is 268 g/mol. The van der Waals surface area contributed by atoms with Gasteiger partial charge in [-0.15, -0.1) is 0 Å². The summed E-state index contributed by atoms with van der Waals surface area (Å²) in [6, 6.07) is 11.2. The Bertz CT molecular complexity index is 596. The highest BCUT2D eigenvalue weighted by Gasteiger charge is 2.20. The van der Waals surface area contributed by atoms with Crippen molar-refractivity contribution in [3.63, 3.8) is 0 Å². The zero-order chi connectivity index (χ0) is 15.2. The largest absolute Gasteiger partial charge is 0.306 e. The molecule has 0 aromatic heterocycles. The second kappa shape index (κ2) is 7.32. The van der Waals surface area contributed by atoms with E-state index in [1.165, 1.54) is 12.1 Å². The van der Waals surface area contributed by atoms with Gasteiger partial charge in [-0.3, -0.25) is 0 Å². The summed E-state index contributed by atoms with van der Waals surface area (Å²) in [6.07, 6.45) is 1.79. The van der Waals surface area contributed by atoms with Crippen molar-refractivity contribution in [2.45, 2.75) is 32.7 Å². The van der Waals surface area contributed by atoms with E-state index in [2.05, 4.69) is 19.2 Å². The van der Waals surface area contributed by atoms with Crippen molar-refractivity contribution in [1.82, 2.24) is 5.32 Å². The van der Waals surface area contributed by atoms with Crippen molar-refractivity contribution in [2.75, 3.05) is 6.54 Å². The van der Waals surface area contributed by atoms with Crippen LogP contribution in [0.25, 0.3) is 0 Å². The molecule has 112 valence electrons. The maximum Gasteiger partial charge on any atom is 0.128 e. The van der Waals surface area contributed by atoms with Crippen molar-refractivity contribution < 1.29 is 8.78 Å². The van der Waals surface area contributed by atoms with E-state index in [0.717, 1.165) is 36.6 Å². The zero-order valence-corrected chi connectivity index (χ0v) is 12.5. The van der Waals surface area contributed by atoms with Gasteiger partial charge in [0.05, 0.1) is 6.04 Å². The second-order valence-electron chi connectivity index (χ2n) is 5.11. The third kappa shape index (κ3) is 3.67. The molecule has 0 aliphatic carbocycles. The Kier molecular flexibility index (Phi) is 5.45. The van der Waals surface area contributed by atoms with Gasteiger partial charge in [-0.1, -0.05) is 38.1 Å². The van der Waals surface area contributed by atoms with Gasteiger partial charge in [0.25, 0.3) is 0 Å². The number of aryl methyl sites for hydroxylation is 1. The highest BCUT2D eigenvalue weighted by atomic mass is 19.1. The number of hydrogen-bond donors (Lipinski definition) is 1. The lowest BCUT2D eigenvalue weighted by atomic mass is 9.92. The molecule has 1 N–H and O–H groups in total. The smallest absolute Gasteiger partial charge is 0.128 e. The van der Waals surface area contributed by atoms with Crippen molar-refractivity contribution in [3.05, 3.63) is 70.8 Å². The van der Waals surface area contributed by atoms with Crippen LogP contribution in [-0.4, -0.2) is 6.54 Å². The van der Waals surface area contributed by atoms with Crippen LogP contribution in [0.2, 0.25) is 0 Å². The third-order valence-electron chi connectivity index (χ3n) is 3.61. The van der Waals surface area contributed by atoms with E-state index in [4.69, 9.17) is 0 Å². The molecule has 3 heteroatoms. The van der Waals surface area contributed by atoms with Crippen LogP contribution in [0.3, 0.4) is 0 Å². The fourth-order valence-corrected chi connectivity index (χ4v) is 2.55. The summed E-state index contributed by atoms with van der Waals surface area (Å²) in [5.74, 6) is -0.792. The molecule has 0 saturated heterocycles. The predicted molar refractivity (Wildman–Crippen MR) is 82.3 cm³/mol. The van der Waals surface area contributed by atoms with Gasteiger partial charge in [0.2, 0.25) is 0 Å². The van der Waals surface area contributed by atoms with Gasteiger partial charge in [-0.05, 0) is 48.7 Å². The van der Waals surface area contributed by atoms with Gasteiger partial charge in [-0.25, -0.2) is 8.78 Å². The number of hydrogen-bond acceptors (Lipinski definition) is 1. The van der Waals surface area contributed by atoms with E-state index in [1.807, 2.05) is 24.3 Å². The van der Waals surface area contributed by atoms with Gasteiger partial charge < -0.3 is 5.32 Å². The molecule has 1 unspecified atom stereocenters. The average Bonchev–Trinajstić information content (AvgIpc) is 2.51. The Morgan fingerprint density at radius 3 is 2.48 bits per heavy atom. The van der Waals surface area contributed by atoms with Crippen LogP contribution < -0.4 is 5.32 Å². The van der Waals surface area contributed by atoms with Crippen molar-refractivity contribution in [1.29, 1.82) is 0 Å². The standard InChI is InChI=1S/C18H21F2N/c1-3-11-21-18(15-8-6-5-7-13(15)4-2)16-12-14(19)9-10-17(16)20/h5-10,12,18,21H,3-4,11H2,1-2H3. The lowest BCUT2D eigenvalue weighted by Crippen LogP contribution is -2.25. The van der Waals surface area contributed by atoms with E-state index in [9.17, 15) is 8.78 Å². The summed E-state index contributed by atoms with van der Waals surface area (Å²) in [5.41, 5.74) is 2.53. The highest BCUT2D eigenvalue weighted by molar-refractivity contribution is 5.38. The first kappa shape index (κ1) is 15.6. The van der Waals surface area contributed by atoms with E-state index in [-0.39, 0.29) is 11.9 Å². The molecule has 0 fully saturated rings. The Balaban J connectivity index is 2.49. The van der Waals surface area contributed by atoms with E-state index in [1.54, 1.807) is 0 Å². The maximum absolute atomic E-state index is 14.2. The quantitative estimate of drug-likeness (QED) is 0.818. The highest BCUT2D eigenvalue weighted by Crippen LogP contribution is 2.28. The van der Waals surface area contributed by atoms with Crippen LogP contribution in [0, 0.1) is 11.6 Å². The van der Waals surface area contributed by atoms with Gasteiger partial charge in [0.15, 0.2) is 0 Å². The molecule has 2 aromatic carbocycles. The van der Waals surface area contributed by atoms with Crippen LogP contribution in [0.15, 0.2) is 42.5 Å². The van der Waals surface area contributed by atoms with Crippen molar-refractivity contribution >= 4 is 0 Å². The first-order valence-electron chi connectivity index (χ1n) is 7.43. The third-order valence-corrected chi connectivity index (χ3v) is 3.61. The van der Waals surface area contributed by atoms with Crippen molar-refractivity contribution in [3.8, 4) is 0 Å². The molecular formula is C18H21F2N. The fraction of sp³-hybridized carbons (Fsp3) is 0.333. The van der Waals surface area contributed by atoms with Crippen LogP contribution in [-0.2, 0) is 6.42 Å². The molecule has 21 heavy (non-hydrogen) atoms. The Labute approximate surface area is 125 Å². The van der Waals surface area contributed by atoms with E-state index in [0.29, 0.717) is 5.56 Å². The minimum Gasteiger partial charge on any atom is -0.306 e. The lowest BCUT2D eigenvalue weighted by Gasteiger charge is -2.22. The summed E-state index contributed by atoms with van der Waals surface area (Å²) in [5, 5.41) is 3.34. The molecule has 0 heterocycles. The summed E-state index contributed by atoms with van der Waals surface area (Å²) >= 11 is 0. The van der Waals surface area contributed by atoms with Gasteiger partial charge in [0.1, 0.15) is 11.6 Å². The molecule has 0 radical (unpaired) electrons. The first-order valence-corrected chi connectivity index (χ1v) is 7.43. The lowest BCUT2D eigenvalue weighted by molar-refractivity contribution is 0.533. The number of rotatable bonds is 6. The van der Waals surface area contributed by atoms with Crippen LogP contribution in [0.4, 0.5) is 8.78 Å². The number of halogens is 2. The van der Waals surface area contributed by atoms with Crippen LogP contribution in [0.1, 0.15) is 43.0 Å². The Morgan fingerprint density at radius 2 is 1.76 bits per heavy atom. The molecule has 0 amide bonds. The van der Waals surface area contributed by atoms with E-state index < -0.39 is 5.82 Å².